The summed E-state index contributed by atoms with van der Waals surface area (Å²) in [6.45, 7) is 0. The molecule has 3 rings (SSSR count). The van der Waals surface area contributed by atoms with E-state index in [1.54, 1.807) is 48.5 Å². The largest absolute Gasteiger partial charge is 0.497 e. The van der Waals surface area contributed by atoms with E-state index in [-0.39, 0.29) is 16.0 Å². The van der Waals surface area contributed by atoms with Crippen LogP contribution in [-0.2, 0) is 10.0 Å². The summed E-state index contributed by atoms with van der Waals surface area (Å²) in [5.74, 6) is -0.272. The Morgan fingerprint density at radius 3 is 2.19 bits per heavy atom. The van der Waals surface area contributed by atoms with E-state index >= 15 is 0 Å². The molecule has 8 nitrogen and oxygen atoms in total. The van der Waals surface area contributed by atoms with Crippen LogP contribution in [0.2, 0.25) is 0 Å². The first-order valence-corrected chi connectivity index (χ1v) is 11.0. The summed E-state index contributed by atoms with van der Waals surface area (Å²) in [5.41, 5.74) is 1.40. The maximum atomic E-state index is 12.8. The molecule has 0 aliphatic heterocycles. The maximum absolute atomic E-state index is 12.8. The van der Waals surface area contributed by atoms with Gasteiger partial charge in [-0.15, -0.1) is 0 Å². The third-order valence-electron chi connectivity index (χ3n) is 4.64. The number of methoxy groups -OCH3 is 1. The van der Waals surface area contributed by atoms with Gasteiger partial charge in [-0.3, -0.25) is 9.59 Å². The highest BCUT2D eigenvalue weighted by Crippen LogP contribution is 2.21. The van der Waals surface area contributed by atoms with E-state index < -0.39 is 21.8 Å². The van der Waals surface area contributed by atoms with Crippen molar-refractivity contribution in [3.05, 3.63) is 83.9 Å². The highest BCUT2D eigenvalue weighted by atomic mass is 32.2. The molecule has 0 aliphatic rings. The van der Waals surface area contributed by atoms with Gasteiger partial charge in [-0.25, -0.2) is 12.7 Å². The van der Waals surface area contributed by atoms with E-state index in [1.165, 1.54) is 45.5 Å². The first-order chi connectivity index (χ1) is 15.2. The first kappa shape index (κ1) is 23.0. The van der Waals surface area contributed by atoms with Gasteiger partial charge in [-0.05, 0) is 48.5 Å². The second-order valence-electron chi connectivity index (χ2n) is 7.00. The number of anilines is 2. The van der Waals surface area contributed by atoms with Gasteiger partial charge in [0.1, 0.15) is 5.75 Å². The van der Waals surface area contributed by atoms with Crippen LogP contribution < -0.4 is 15.4 Å². The predicted molar refractivity (Wildman–Crippen MR) is 123 cm³/mol. The molecule has 0 spiro atoms. The fourth-order valence-electron chi connectivity index (χ4n) is 2.87. The molecule has 2 amide bonds. The van der Waals surface area contributed by atoms with Gasteiger partial charge in [0.05, 0.1) is 23.3 Å². The lowest BCUT2D eigenvalue weighted by Crippen LogP contribution is -2.22. The van der Waals surface area contributed by atoms with Crippen molar-refractivity contribution in [2.45, 2.75) is 4.90 Å². The molecule has 0 aromatic heterocycles. The lowest BCUT2D eigenvalue weighted by atomic mass is 10.1. The van der Waals surface area contributed by atoms with Gasteiger partial charge in [-0.2, -0.15) is 0 Å². The summed E-state index contributed by atoms with van der Waals surface area (Å²) < 4.78 is 30.6. The van der Waals surface area contributed by atoms with E-state index in [0.717, 1.165) is 4.31 Å². The van der Waals surface area contributed by atoms with Crippen molar-refractivity contribution in [1.82, 2.24) is 4.31 Å². The molecule has 0 heterocycles. The lowest BCUT2D eigenvalue weighted by Gasteiger charge is -2.13. The number of hydrogen-bond donors (Lipinski definition) is 2. The third kappa shape index (κ3) is 5.13. The Labute approximate surface area is 186 Å². The zero-order valence-corrected chi connectivity index (χ0v) is 18.6. The van der Waals surface area contributed by atoms with E-state index in [2.05, 4.69) is 10.6 Å². The minimum atomic E-state index is -3.59. The SMILES string of the molecule is COc1cccc(NC(=O)c2ccccc2NC(=O)c2ccc(S(=O)(=O)N(C)C)cc2)c1. The van der Waals surface area contributed by atoms with Crippen molar-refractivity contribution in [3.63, 3.8) is 0 Å². The number of carbonyl (C=O) groups excluding carboxylic acids is 2. The zero-order valence-electron chi connectivity index (χ0n) is 17.8. The van der Waals surface area contributed by atoms with Gasteiger partial charge < -0.3 is 15.4 Å². The van der Waals surface area contributed by atoms with Crippen molar-refractivity contribution in [2.24, 2.45) is 0 Å². The van der Waals surface area contributed by atoms with Gasteiger partial charge >= 0.3 is 0 Å². The van der Waals surface area contributed by atoms with Crippen molar-refractivity contribution in [2.75, 3.05) is 31.8 Å². The Bertz CT molecular complexity index is 1240. The fraction of sp³-hybridized carbons (Fsp3) is 0.130. The summed E-state index contributed by atoms with van der Waals surface area (Å²) in [4.78, 5) is 25.6. The summed E-state index contributed by atoms with van der Waals surface area (Å²) >= 11 is 0. The number of nitrogens with one attached hydrogen (secondary N) is 2. The van der Waals surface area contributed by atoms with Crippen molar-refractivity contribution in [3.8, 4) is 5.75 Å². The molecular weight excluding hydrogens is 430 g/mol. The molecule has 3 aromatic rings. The fourth-order valence-corrected chi connectivity index (χ4v) is 3.77. The topological polar surface area (TPSA) is 105 Å². The normalized spacial score (nSPS) is 11.1. The summed E-state index contributed by atoms with van der Waals surface area (Å²) in [5, 5.41) is 5.49. The second-order valence-corrected chi connectivity index (χ2v) is 9.15. The first-order valence-electron chi connectivity index (χ1n) is 9.61. The van der Waals surface area contributed by atoms with Crippen LogP contribution in [0.1, 0.15) is 20.7 Å². The molecular formula is C23H23N3O5S. The van der Waals surface area contributed by atoms with Gasteiger partial charge in [0.15, 0.2) is 0 Å². The minimum absolute atomic E-state index is 0.0807. The van der Waals surface area contributed by atoms with Crippen LogP contribution >= 0.6 is 0 Å². The van der Waals surface area contributed by atoms with E-state index in [0.29, 0.717) is 17.1 Å². The molecule has 0 saturated carbocycles. The van der Waals surface area contributed by atoms with Crippen molar-refractivity contribution >= 4 is 33.2 Å². The number of para-hydroxylation sites is 1. The Balaban J connectivity index is 1.78. The Morgan fingerprint density at radius 2 is 1.53 bits per heavy atom. The average molecular weight is 454 g/mol. The van der Waals surface area contributed by atoms with E-state index in [4.69, 9.17) is 4.74 Å². The highest BCUT2D eigenvalue weighted by Gasteiger charge is 2.18. The van der Waals surface area contributed by atoms with Crippen LogP contribution in [0.25, 0.3) is 0 Å². The van der Waals surface area contributed by atoms with E-state index in [1.807, 2.05) is 0 Å². The van der Waals surface area contributed by atoms with E-state index in [9.17, 15) is 18.0 Å². The molecule has 166 valence electrons. The van der Waals surface area contributed by atoms with Crippen LogP contribution in [-0.4, -0.2) is 45.7 Å². The van der Waals surface area contributed by atoms with Crippen LogP contribution in [0.3, 0.4) is 0 Å². The summed E-state index contributed by atoms with van der Waals surface area (Å²) in [6, 6.07) is 19.1. The zero-order chi connectivity index (χ0) is 23.3. The number of hydrogen-bond acceptors (Lipinski definition) is 5. The molecule has 0 unspecified atom stereocenters. The molecule has 0 radical (unpaired) electrons. The quantitative estimate of drug-likeness (QED) is 0.570. The monoisotopic (exact) mass is 453 g/mol. The minimum Gasteiger partial charge on any atom is -0.497 e. The molecule has 3 aromatic carbocycles. The number of rotatable bonds is 7. The van der Waals surface area contributed by atoms with Gasteiger partial charge in [0.2, 0.25) is 10.0 Å². The highest BCUT2D eigenvalue weighted by molar-refractivity contribution is 7.89. The molecule has 2 N–H and O–H groups in total. The van der Waals surface area contributed by atoms with Crippen LogP contribution in [0, 0.1) is 0 Å². The predicted octanol–water partition coefficient (Wildman–Crippen LogP) is 3.45. The Morgan fingerprint density at radius 1 is 0.844 bits per heavy atom. The van der Waals surface area contributed by atoms with Gasteiger partial charge in [0.25, 0.3) is 11.8 Å². The number of ether oxygens (including phenoxy) is 1. The molecule has 0 aliphatic carbocycles. The van der Waals surface area contributed by atoms with Crippen molar-refractivity contribution < 1.29 is 22.7 Å². The van der Waals surface area contributed by atoms with Crippen molar-refractivity contribution in [1.29, 1.82) is 0 Å². The smallest absolute Gasteiger partial charge is 0.257 e. The van der Waals surface area contributed by atoms with Crippen LogP contribution in [0.5, 0.6) is 5.75 Å². The molecule has 0 fully saturated rings. The number of carbonyl (C=O) groups is 2. The maximum Gasteiger partial charge on any atom is 0.257 e. The van der Waals surface area contributed by atoms with Gasteiger partial charge in [-0.1, -0.05) is 18.2 Å². The molecule has 32 heavy (non-hydrogen) atoms. The summed E-state index contributed by atoms with van der Waals surface area (Å²) in [6.07, 6.45) is 0. The second kappa shape index (κ2) is 9.63. The molecule has 9 heteroatoms. The Kier molecular flexibility index (Phi) is 6.92. The van der Waals surface area contributed by atoms with Gasteiger partial charge in [0, 0.05) is 31.4 Å². The molecule has 0 atom stereocenters. The summed E-state index contributed by atoms with van der Waals surface area (Å²) in [7, 11) is 0.813. The number of benzene rings is 3. The standard InChI is InChI=1S/C23H23N3O5S/c1-26(2)32(29,30)19-13-11-16(12-14-19)22(27)25-21-10-5-4-9-20(21)23(28)24-17-7-6-8-18(15-17)31-3/h4-15H,1-3H3,(H,24,28)(H,25,27). The number of amides is 2. The molecule has 0 saturated heterocycles. The van der Waals surface area contributed by atoms with Crippen LogP contribution in [0.15, 0.2) is 77.7 Å². The number of sulfonamides is 1. The third-order valence-corrected chi connectivity index (χ3v) is 6.47. The Hall–Kier alpha value is -3.69. The number of nitrogens with zero attached hydrogens (tertiary/aromatic N) is 1. The molecule has 0 bridgehead atoms. The van der Waals surface area contributed by atoms with Crippen LogP contribution in [0.4, 0.5) is 11.4 Å². The average Bonchev–Trinajstić information content (AvgIpc) is 2.79. The lowest BCUT2D eigenvalue weighted by molar-refractivity contribution is 0.102.